The highest BCUT2D eigenvalue weighted by Gasteiger charge is 2.17. The summed E-state index contributed by atoms with van der Waals surface area (Å²) in [5.41, 5.74) is 0.507. The van der Waals surface area contributed by atoms with E-state index < -0.39 is 18.0 Å². The van der Waals surface area contributed by atoms with E-state index >= 15 is 0 Å². The molecule has 0 bridgehead atoms. The van der Waals surface area contributed by atoms with E-state index in [9.17, 15) is 14.4 Å². The summed E-state index contributed by atoms with van der Waals surface area (Å²) in [6.45, 7) is 1.26. The van der Waals surface area contributed by atoms with Gasteiger partial charge in [-0.3, -0.25) is 14.4 Å². The van der Waals surface area contributed by atoms with Crippen LogP contribution < -0.4 is 15.6 Å². The van der Waals surface area contributed by atoms with Gasteiger partial charge in [-0.25, -0.2) is 4.98 Å². The number of benzene rings is 2. The maximum Gasteiger partial charge on any atom is 0.326 e. The Morgan fingerprint density at radius 1 is 1.14 bits per heavy atom. The van der Waals surface area contributed by atoms with E-state index in [0.717, 1.165) is 0 Å². The topological polar surface area (TPSA) is 110 Å². The molecule has 0 aliphatic rings. The molecule has 3 aromatic rings. The van der Waals surface area contributed by atoms with Gasteiger partial charge in [-0.1, -0.05) is 24.3 Å². The van der Waals surface area contributed by atoms with Crippen LogP contribution in [0.15, 0.2) is 53.3 Å². The van der Waals surface area contributed by atoms with Crippen LogP contribution in [0.3, 0.4) is 0 Å². The van der Waals surface area contributed by atoms with Crippen LogP contribution in [0.4, 0.5) is 0 Å². The van der Waals surface area contributed by atoms with Gasteiger partial charge in [0.2, 0.25) is 0 Å². The van der Waals surface area contributed by atoms with Crippen LogP contribution in [0.1, 0.15) is 29.2 Å². The second-order valence-electron chi connectivity index (χ2n) is 5.98. The number of amides is 1. The molecule has 0 aliphatic carbocycles. The van der Waals surface area contributed by atoms with Gasteiger partial charge in [0.25, 0.3) is 11.5 Å². The Labute approximate surface area is 160 Å². The number of rotatable bonds is 6. The molecular formula is C20H19N3O5. The zero-order valence-corrected chi connectivity index (χ0v) is 15.4. The van der Waals surface area contributed by atoms with Crippen molar-refractivity contribution in [2.45, 2.75) is 13.0 Å². The normalized spacial score (nSPS) is 11.6. The van der Waals surface area contributed by atoms with Gasteiger partial charge in [0, 0.05) is 0 Å². The summed E-state index contributed by atoms with van der Waals surface area (Å²) in [7, 11) is 1.46. The Morgan fingerprint density at radius 3 is 2.64 bits per heavy atom. The fourth-order valence-electron chi connectivity index (χ4n) is 2.67. The SMILES string of the molecule is COc1ccccc1C(=O)NCC(=O)O[C@@H](C)c1nc2ccccc2c(=O)[nH]1. The number of carbonyl (C=O) groups excluding carboxylic acids is 2. The first kappa shape index (κ1) is 19.1. The van der Waals surface area contributed by atoms with E-state index in [4.69, 9.17) is 9.47 Å². The van der Waals surface area contributed by atoms with Crippen LogP contribution in [-0.4, -0.2) is 35.5 Å². The number of methoxy groups -OCH3 is 1. The summed E-state index contributed by atoms with van der Waals surface area (Å²) >= 11 is 0. The largest absolute Gasteiger partial charge is 0.496 e. The van der Waals surface area contributed by atoms with E-state index in [1.54, 1.807) is 55.5 Å². The number of esters is 1. The first-order valence-electron chi connectivity index (χ1n) is 8.59. The van der Waals surface area contributed by atoms with E-state index in [2.05, 4.69) is 15.3 Å². The third-order valence-corrected chi connectivity index (χ3v) is 4.07. The number of aromatic amines is 1. The maximum absolute atomic E-state index is 12.2. The van der Waals surface area contributed by atoms with Crippen molar-refractivity contribution < 1.29 is 19.1 Å². The molecule has 1 aromatic heterocycles. The summed E-state index contributed by atoms with van der Waals surface area (Å²) in [5.74, 6) is -0.487. The van der Waals surface area contributed by atoms with Gasteiger partial charge in [0.15, 0.2) is 11.9 Å². The monoisotopic (exact) mass is 381 g/mol. The van der Waals surface area contributed by atoms with Crippen LogP contribution >= 0.6 is 0 Å². The molecule has 0 unspecified atom stereocenters. The lowest BCUT2D eigenvalue weighted by Crippen LogP contribution is -2.31. The van der Waals surface area contributed by atoms with Crippen molar-refractivity contribution in [2.75, 3.05) is 13.7 Å². The Bertz CT molecular complexity index is 1080. The Kier molecular flexibility index (Phi) is 5.69. The molecule has 0 fully saturated rings. The number of H-pyrrole nitrogens is 1. The number of para-hydroxylation sites is 2. The molecule has 1 atom stereocenters. The lowest BCUT2D eigenvalue weighted by Gasteiger charge is -2.14. The minimum Gasteiger partial charge on any atom is -0.496 e. The predicted molar refractivity (Wildman–Crippen MR) is 102 cm³/mol. The minimum absolute atomic E-state index is 0.230. The average Bonchev–Trinajstić information content (AvgIpc) is 2.71. The summed E-state index contributed by atoms with van der Waals surface area (Å²) in [5, 5.41) is 2.94. The number of hydrogen-bond acceptors (Lipinski definition) is 6. The third kappa shape index (κ3) is 4.17. The van der Waals surface area contributed by atoms with Crippen LogP contribution in [-0.2, 0) is 9.53 Å². The highest BCUT2D eigenvalue weighted by atomic mass is 16.5. The van der Waals surface area contributed by atoms with E-state index in [1.165, 1.54) is 7.11 Å². The summed E-state index contributed by atoms with van der Waals surface area (Å²) in [6.07, 6.45) is -0.784. The summed E-state index contributed by atoms with van der Waals surface area (Å²) in [4.78, 5) is 43.3. The van der Waals surface area contributed by atoms with Crippen molar-refractivity contribution in [3.8, 4) is 5.75 Å². The quantitative estimate of drug-likeness (QED) is 0.632. The number of hydrogen-bond donors (Lipinski definition) is 2. The molecule has 0 saturated carbocycles. The molecule has 0 spiro atoms. The minimum atomic E-state index is -0.784. The molecular weight excluding hydrogens is 362 g/mol. The van der Waals surface area contributed by atoms with Crippen molar-refractivity contribution in [3.63, 3.8) is 0 Å². The lowest BCUT2D eigenvalue weighted by atomic mass is 10.2. The van der Waals surface area contributed by atoms with Crippen LogP contribution in [0.25, 0.3) is 10.9 Å². The smallest absolute Gasteiger partial charge is 0.326 e. The molecule has 2 N–H and O–H groups in total. The second kappa shape index (κ2) is 8.34. The van der Waals surface area contributed by atoms with Gasteiger partial charge in [0.1, 0.15) is 12.3 Å². The van der Waals surface area contributed by atoms with Gasteiger partial charge >= 0.3 is 5.97 Å². The van der Waals surface area contributed by atoms with Crippen LogP contribution in [0.2, 0.25) is 0 Å². The highest BCUT2D eigenvalue weighted by molar-refractivity contribution is 5.98. The fraction of sp³-hybridized carbons (Fsp3) is 0.200. The lowest BCUT2D eigenvalue weighted by molar-refractivity contribution is -0.147. The predicted octanol–water partition coefficient (Wildman–Crippen LogP) is 1.97. The number of nitrogens with zero attached hydrogens (tertiary/aromatic N) is 1. The number of fused-ring (bicyclic) bond motifs is 1. The molecule has 2 aromatic carbocycles. The molecule has 28 heavy (non-hydrogen) atoms. The molecule has 3 rings (SSSR count). The number of ether oxygens (including phenoxy) is 2. The van der Waals surface area contributed by atoms with Gasteiger partial charge in [-0.15, -0.1) is 0 Å². The van der Waals surface area contributed by atoms with Crippen molar-refractivity contribution in [3.05, 3.63) is 70.3 Å². The van der Waals surface area contributed by atoms with Gasteiger partial charge < -0.3 is 19.8 Å². The van der Waals surface area contributed by atoms with Crippen LogP contribution in [0.5, 0.6) is 5.75 Å². The van der Waals surface area contributed by atoms with Crippen LogP contribution in [0, 0.1) is 0 Å². The summed E-state index contributed by atoms with van der Waals surface area (Å²) < 4.78 is 10.4. The number of carbonyl (C=O) groups is 2. The Balaban J connectivity index is 1.63. The molecule has 0 saturated heterocycles. The number of nitrogens with one attached hydrogen (secondary N) is 2. The van der Waals surface area contributed by atoms with E-state index in [1.807, 2.05) is 0 Å². The van der Waals surface area contributed by atoms with Gasteiger partial charge in [-0.2, -0.15) is 0 Å². The fourth-order valence-corrected chi connectivity index (χ4v) is 2.67. The third-order valence-electron chi connectivity index (χ3n) is 4.07. The molecule has 8 nitrogen and oxygen atoms in total. The zero-order chi connectivity index (χ0) is 20.1. The van der Waals surface area contributed by atoms with Gasteiger partial charge in [-0.05, 0) is 31.2 Å². The van der Waals surface area contributed by atoms with Crippen molar-refractivity contribution in [1.82, 2.24) is 15.3 Å². The highest BCUT2D eigenvalue weighted by Crippen LogP contribution is 2.17. The molecule has 8 heteroatoms. The second-order valence-corrected chi connectivity index (χ2v) is 5.98. The molecule has 1 heterocycles. The maximum atomic E-state index is 12.2. The van der Waals surface area contributed by atoms with Crippen molar-refractivity contribution >= 4 is 22.8 Å². The average molecular weight is 381 g/mol. The molecule has 1 amide bonds. The van der Waals surface area contributed by atoms with E-state index in [0.29, 0.717) is 22.2 Å². The first-order valence-corrected chi connectivity index (χ1v) is 8.59. The standard InChI is InChI=1S/C20H19N3O5/c1-12(18-22-15-9-5-3-7-13(15)20(26)23-18)28-17(24)11-21-19(25)14-8-4-6-10-16(14)27-2/h3-10,12H,11H2,1-2H3,(H,21,25)(H,22,23,26)/t12-/m0/s1. The van der Waals surface area contributed by atoms with Crippen molar-refractivity contribution in [1.29, 1.82) is 0 Å². The zero-order valence-electron chi connectivity index (χ0n) is 15.4. The molecule has 0 aliphatic heterocycles. The molecule has 144 valence electrons. The van der Waals surface area contributed by atoms with Gasteiger partial charge in [0.05, 0.1) is 23.6 Å². The van der Waals surface area contributed by atoms with Crippen molar-refractivity contribution in [2.24, 2.45) is 0 Å². The van der Waals surface area contributed by atoms with E-state index in [-0.39, 0.29) is 17.9 Å². The first-order chi connectivity index (χ1) is 13.5. The number of aromatic nitrogens is 2. The Hall–Kier alpha value is -3.68. The molecule has 0 radical (unpaired) electrons. The Morgan fingerprint density at radius 2 is 1.86 bits per heavy atom. The summed E-state index contributed by atoms with van der Waals surface area (Å²) in [6, 6.07) is 13.5.